The van der Waals surface area contributed by atoms with Gasteiger partial charge in [-0.3, -0.25) is 0 Å². The lowest BCUT2D eigenvalue weighted by Crippen LogP contribution is -2.44. The molecule has 16 heavy (non-hydrogen) atoms. The molecule has 0 aromatic heterocycles. The molecule has 0 spiro atoms. The van der Waals surface area contributed by atoms with E-state index in [4.69, 9.17) is 0 Å². The minimum absolute atomic E-state index is 0.233. The molecule has 0 aliphatic heterocycles. The van der Waals surface area contributed by atoms with Gasteiger partial charge in [0.25, 0.3) is 0 Å². The molecule has 3 heteroatoms. The normalized spacial score (nSPS) is 52.1. The van der Waals surface area contributed by atoms with Gasteiger partial charge in [0.15, 0.2) is 0 Å². The number of alkyl halides is 3. The van der Waals surface area contributed by atoms with Gasteiger partial charge in [-0.15, -0.1) is 0 Å². The summed E-state index contributed by atoms with van der Waals surface area (Å²) in [5.41, 5.74) is 3.17. The third-order valence-electron chi connectivity index (χ3n) is 4.74. The number of hydrogen-bond donors (Lipinski definition) is 0. The molecule has 1 aromatic carbocycles. The number of rotatable bonds is 0. The predicted octanol–water partition coefficient (Wildman–Crippen LogP) is 4.56. The van der Waals surface area contributed by atoms with E-state index in [1.54, 1.807) is 11.1 Å². The van der Waals surface area contributed by atoms with Crippen molar-refractivity contribution in [3.63, 3.8) is 0 Å². The van der Waals surface area contributed by atoms with Gasteiger partial charge in [0, 0.05) is 15.6 Å². The highest BCUT2D eigenvalue weighted by Gasteiger charge is 2.70. The van der Waals surface area contributed by atoms with Crippen LogP contribution in [-0.2, 0) is 0 Å². The highest BCUT2D eigenvalue weighted by molar-refractivity contribution is 9.14. The fourth-order valence-corrected chi connectivity index (χ4v) is 7.66. The third kappa shape index (κ3) is 0.950. The molecule has 0 heterocycles. The molecule has 84 valence electrons. The van der Waals surface area contributed by atoms with Crippen LogP contribution in [0.5, 0.6) is 0 Å². The first-order chi connectivity index (χ1) is 7.65. The molecule has 0 amide bonds. The van der Waals surface area contributed by atoms with E-state index in [0.29, 0.717) is 15.6 Å². The second-order valence-electron chi connectivity index (χ2n) is 5.23. The summed E-state index contributed by atoms with van der Waals surface area (Å²) in [4.78, 5) is 1.20. The van der Waals surface area contributed by atoms with Crippen molar-refractivity contribution in [3.05, 3.63) is 35.4 Å². The van der Waals surface area contributed by atoms with Gasteiger partial charge in [-0.25, -0.2) is 0 Å². The Bertz CT molecular complexity index is 472. The van der Waals surface area contributed by atoms with E-state index in [1.165, 1.54) is 6.42 Å². The molecule has 0 radical (unpaired) electrons. The van der Waals surface area contributed by atoms with E-state index in [-0.39, 0.29) is 4.32 Å². The molecule has 0 unspecified atom stereocenters. The topological polar surface area (TPSA) is 0 Å². The van der Waals surface area contributed by atoms with Crippen LogP contribution in [-0.4, -0.2) is 14.0 Å². The van der Waals surface area contributed by atoms with Crippen LogP contribution in [0.2, 0.25) is 0 Å². The first kappa shape index (κ1) is 10.6. The zero-order chi connectivity index (χ0) is 11.1. The zero-order valence-electron chi connectivity index (χ0n) is 8.54. The highest BCUT2D eigenvalue weighted by atomic mass is 79.9. The van der Waals surface area contributed by atoms with Gasteiger partial charge in [-0.1, -0.05) is 72.1 Å². The van der Waals surface area contributed by atoms with Crippen LogP contribution in [0.15, 0.2) is 24.3 Å². The van der Waals surface area contributed by atoms with Gasteiger partial charge in [0.1, 0.15) is 0 Å². The van der Waals surface area contributed by atoms with E-state index in [2.05, 4.69) is 72.1 Å². The Morgan fingerprint density at radius 1 is 1.12 bits per heavy atom. The molecule has 0 N–H and O–H groups in total. The summed E-state index contributed by atoms with van der Waals surface area (Å²) in [7, 11) is 0. The molecule has 0 nitrogen and oxygen atoms in total. The summed E-state index contributed by atoms with van der Waals surface area (Å²) >= 11 is 11.8. The average molecular weight is 407 g/mol. The van der Waals surface area contributed by atoms with E-state index in [1.807, 2.05) is 0 Å². The van der Waals surface area contributed by atoms with Crippen LogP contribution in [0, 0.1) is 5.92 Å². The number of benzene rings is 1. The number of fused-ring (bicyclic) bond motifs is 8. The van der Waals surface area contributed by atoms with E-state index in [0.717, 1.165) is 11.8 Å². The number of hydrogen-bond acceptors (Lipinski definition) is 0. The average Bonchev–Trinajstić information content (AvgIpc) is 2.57. The third-order valence-corrected chi connectivity index (χ3v) is 10.1. The van der Waals surface area contributed by atoms with E-state index in [9.17, 15) is 0 Å². The van der Waals surface area contributed by atoms with Gasteiger partial charge in [0.2, 0.25) is 0 Å². The minimum Gasteiger partial charge on any atom is -0.0875 e. The Kier molecular flexibility index (Phi) is 2.08. The fourth-order valence-electron chi connectivity index (χ4n) is 4.10. The van der Waals surface area contributed by atoms with Crippen molar-refractivity contribution >= 4 is 47.8 Å². The van der Waals surface area contributed by atoms with Crippen molar-refractivity contribution in [2.75, 3.05) is 0 Å². The lowest BCUT2D eigenvalue weighted by Gasteiger charge is -2.47. The Morgan fingerprint density at radius 3 is 2.56 bits per heavy atom. The Hall–Kier alpha value is 0.660. The van der Waals surface area contributed by atoms with E-state index < -0.39 is 0 Å². The summed E-state index contributed by atoms with van der Waals surface area (Å²) in [5, 5.41) is 0. The molecule has 3 aliphatic carbocycles. The first-order valence-electron chi connectivity index (χ1n) is 5.71. The maximum Gasteiger partial charge on any atom is 0.0584 e. The Balaban J connectivity index is 1.91. The van der Waals surface area contributed by atoms with Crippen LogP contribution < -0.4 is 0 Å². The summed E-state index contributed by atoms with van der Waals surface area (Å²) in [6.45, 7) is 0. The SMILES string of the molecule is Br[C@@H]1C[C@@H]2[C@H]3c4ccccc4[C@H]3[C@@]1(Br)[C@@H]2Br. The smallest absolute Gasteiger partial charge is 0.0584 e. The molecule has 6 atom stereocenters. The minimum atomic E-state index is 0.233. The maximum absolute atomic E-state index is 4.05. The molecule has 2 saturated carbocycles. The highest BCUT2D eigenvalue weighted by Crippen LogP contribution is 2.75. The van der Waals surface area contributed by atoms with Crippen LogP contribution in [0.25, 0.3) is 0 Å². The zero-order valence-corrected chi connectivity index (χ0v) is 13.3. The first-order valence-corrected chi connectivity index (χ1v) is 8.34. The second-order valence-corrected chi connectivity index (χ2v) is 8.69. The van der Waals surface area contributed by atoms with Gasteiger partial charge >= 0.3 is 0 Å². The Morgan fingerprint density at radius 2 is 1.81 bits per heavy atom. The quantitative estimate of drug-likeness (QED) is 0.554. The van der Waals surface area contributed by atoms with Gasteiger partial charge in [0.05, 0.1) is 4.32 Å². The van der Waals surface area contributed by atoms with Crippen LogP contribution in [0.1, 0.15) is 29.4 Å². The van der Waals surface area contributed by atoms with Crippen molar-refractivity contribution in [2.24, 2.45) is 5.92 Å². The lowest BCUT2D eigenvalue weighted by atomic mass is 9.61. The van der Waals surface area contributed by atoms with Crippen molar-refractivity contribution in [2.45, 2.75) is 32.2 Å². The van der Waals surface area contributed by atoms with Gasteiger partial charge in [-0.2, -0.15) is 0 Å². The van der Waals surface area contributed by atoms with Crippen LogP contribution in [0.4, 0.5) is 0 Å². The summed E-state index contributed by atoms with van der Waals surface area (Å²) in [6.07, 6.45) is 1.29. The number of halogens is 3. The molecule has 2 fully saturated rings. The van der Waals surface area contributed by atoms with Crippen molar-refractivity contribution in [1.29, 1.82) is 0 Å². The second kappa shape index (κ2) is 3.16. The molecule has 4 rings (SSSR count). The summed E-state index contributed by atoms with van der Waals surface area (Å²) in [5.74, 6) is 2.29. The van der Waals surface area contributed by atoms with E-state index >= 15 is 0 Å². The monoisotopic (exact) mass is 404 g/mol. The Labute approximate surface area is 121 Å². The molecule has 2 bridgehead atoms. The van der Waals surface area contributed by atoms with Crippen molar-refractivity contribution in [1.82, 2.24) is 0 Å². The van der Waals surface area contributed by atoms with Gasteiger partial charge < -0.3 is 0 Å². The van der Waals surface area contributed by atoms with Gasteiger partial charge in [-0.05, 0) is 29.4 Å². The maximum atomic E-state index is 4.05. The van der Waals surface area contributed by atoms with Crippen molar-refractivity contribution in [3.8, 4) is 0 Å². The largest absolute Gasteiger partial charge is 0.0875 e. The molecule has 0 saturated heterocycles. The van der Waals surface area contributed by atoms with Crippen LogP contribution >= 0.6 is 47.8 Å². The molecule has 1 aromatic rings. The summed E-state index contributed by atoms with van der Waals surface area (Å²) < 4.78 is 0.233. The van der Waals surface area contributed by atoms with Crippen molar-refractivity contribution < 1.29 is 0 Å². The predicted molar refractivity (Wildman–Crippen MR) is 77.1 cm³/mol. The fraction of sp³-hybridized carbons (Fsp3) is 0.538. The summed E-state index contributed by atoms with van der Waals surface area (Å²) in [6, 6.07) is 8.97. The van der Waals surface area contributed by atoms with Crippen LogP contribution in [0.3, 0.4) is 0 Å². The molecular formula is C13H11Br3. The molecule has 3 aliphatic rings. The standard InChI is InChI=1S/C13H11Br3/c14-9-5-8-10-6-3-1-2-4-7(6)11(10)13(9,16)12(8)15/h1-4,8-12H,5H2/t8-,9-,10-,11-,12-,13-/m1/s1. The lowest BCUT2D eigenvalue weighted by molar-refractivity contribution is 0.352. The molecular weight excluding hydrogens is 396 g/mol.